The van der Waals surface area contributed by atoms with E-state index in [1.54, 1.807) is 4.90 Å². The first-order valence-electron chi connectivity index (χ1n) is 7.90. The van der Waals surface area contributed by atoms with Gasteiger partial charge in [-0.15, -0.1) is 0 Å². The highest BCUT2D eigenvalue weighted by Crippen LogP contribution is 2.39. The molecule has 1 heterocycles. The summed E-state index contributed by atoms with van der Waals surface area (Å²) >= 11 is 0. The second-order valence-electron chi connectivity index (χ2n) is 6.53. The highest BCUT2D eigenvalue weighted by Gasteiger charge is 2.43. The summed E-state index contributed by atoms with van der Waals surface area (Å²) in [5, 5.41) is 22.1. The quantitative estimate of drug-likeness (QED) is 0.735. The minimum atomic E-state index is -0.846. The smallest absolute Gasteiger partial charge is 0.317 e. The van der Waals surface area contributed by atoms with Gasteiger partial charge in [-0.1, -0.05) is 12.8 Å². The van der Waals surface area contributed by atoms with Crippen LogP contribution in [0, 0.1) is 5.92 Å². The van der Waals surface area contributed by atoms with Crippen LogP contribution in [-0.4, -0.2) is 51.8 Å². The third-order valence-electron chi connectivity index (χ3n) is 4.88. The molecule has 21 heavy (non-hydrogen) atoms. The molecule has 120 valence electrons. The van der Waals surface area contributed by atoms with Crippen LogP contribution in [0.3, 0.4) is 0 Å². The number of hydrogen-bond acceptors (Lipinski definition) is 3. The predicted molar refractivity (Wildman–Crippen MR) is 78.0 cm³/mol. The molecule has 2 fully saturated rings. The van der Waals surface area contributed by atoms with Gasteiger partial charge < -0.3 is 20.4 Å². The summed E-state index contributed by atoms with van der Waals surface area (Å²) in [5.74, 6) is -0.665. The van der Waals surface area contributed by atoms with Crippen molar-refractivity contribution < 1.29 is 19.8 Å². The van der Waals surface area contributed by atoms with E-state index in [9.17, 15) is 14.7 Å². The molecule has 2 rings (SSSR count). The Morgan fingerprint density at radius 2 is 2.14 bits per heavy atom. The summed E-state index contributed by atoms with van der Waals surface area (Å²) in [7, 11) is 0. The number of nitrogens with one attached hydrogen (secondary N) is 1. The van der Waals surface area contributed by atoms with E-state index >= 15 is 0 Å². The van der Waals surface area contributed by atoms with Crippen LogP contribution in [0.1, 0.15) is 51.9 Å². The maximum atomic E-state index is 12.2. The fourth-order valence-electron chi connectivity index (χ4n) is 3.47. The molecule has 2 amide bonds. The molecule has 6 heteroatoms. The molecule has 3 atom stereocenters. The Labute approximate surface area is 125 Å². The van der Waals surface area contributed by atoms with Gasteiger partial charge in [0.1, 0.15) is 0 Å². The van der Waals surface area contributed by atoms with Crippen molar-refractivity contribution in [2.75, 3.05) is 13.1 Å². The predicted octanol–water partition coefficient (Wildman–Crippen LogP) is 1.58. The van der Waals surface area contributed by atoms with Gasteiger partial charge >= 0.3 is 12.0 Å². The standard InChI is InChI=1S/C15H26N2O4/c1-11(5-6-13(18)19)16-14(20)17-9-8-15(21)7-3-2-4-12(15)10-17/h11-12,21H,2-10H2,1H3,(H,16,20)(H,18,19). The van der Waals surface area contributed by atoms with Gasteiger partial charge in [0.05, 0.1) is 5.60 Å². The first kappa shape index (κ1) is 16.1. The first-order valence-corrected chi connectivity index (χ1v) is 7.90. The number of rotatable bonds is 4. The van der Waals surface area contributed by atoms with E-state index in [-0.39, 0.29) is 24.4 Å². The second-order valence-corrected chi connectivity index (χ2v) is 6.53. The fourth-order valence-corrected chi connectivity index (χ4v) is 3.47. The number of fused-ring (bicyclic) bond motifs is 1. The number of urea groups is 1. The number of piperidine rings is 1. The van der Waals surface area contributed by atoms with Gasteiger partial charge in [0.15, 0.2) is 0 Å². The van der Waals surface area contributed by atoms with Crippen molar-refractivity contribution in [3.63, 3.8) is 0 Å². The number of carboxylic acid groups (broad SMARTS) is 1. The normalized spacial score (nSPS) is 30.4. The lowest BCUT2D eigenvalue weighted by Crippen LogP contribution is -2.57. The lowest BCUT2D eigenvalue weighted by molar-refractivity contribution is -0.137. The van der Waals surface area contributed by atoms with Gasteiger partial charge in [0.2, 0.25) is 0 Å². The van der Waals surface area contributed by atoms with E-state index in [0.29, 0.717) is 25.9 Å². The van der Waals surface area contributed by atoms with E-state index in [2.05, 4.69) is 5.32 Å². The molecule has 6 nitrogen and oxygen atoms in total. The van der Waals surface area contributed by atoms with Crippen LogP contribution in [-0.2, 0) is 4.79 Å². The summed E-state index contributed by atoms with van der Waals surface area (Å²) < 4.78 is 0. The molecule has 0 aromatic carbocycles. The Bertz CT molecular complexity index is 401. The Kier molecular flexibility index (Phi) is 5.08. The molecule has 3 unspecified atom stereocenters. The molecule has 0 bridgehead atoms. The lowest BCUT2D eigenvalue weighted by atomic mass is 9.71. The van der Waals surface area contributed by atoms with Crippen molar-refractivity contribution >= 4 is 12.0 Å². The molecule has 1 aliphatic carbocycles. The highest BCUT2D eigenvalue weighted by molar-refractivity contribution is 5.74. The van der Waals surface area contributed by atoms with E-state index in [1.807, 2.05) is 6.92 Å². The third-order valence-corrected chi connectivity index (χ3v) is 4.88. The Morgan fingerprint density at radius 3 is 2.86 bits per heavy atom. The number of nitrogens with zero attached hydrogens (tertiary/aromatic N) is 1. The molecule has 2 aliphatic rings. The van der Waals surface area contributed by atoms with Crippen LogP contribution < -0.4 is 5.32 Å². The average Bonchev–Trinajstić information content (AvgIpc) is 2.44. The van der Waals surface area contributed by atoms with Crippen molar-refractivity contribution in [3.05, 3.63) is 0 Å². The monoisotopic (exact) mass is 298 g/mol. The van der Waals surface area contributed by atoms with E-state index in [0.717, 1.165) is 25.7 Å². The number of likely N-dealkylation sites (tertiary alicyclic amines) is 1. The van der Waals surface area contributed by atoms with Crippen LogP contribution in [0.4, 0.5) is 4.79 Å². The van der Waals surface area contributed by atoms with Gasteiger partial charge in [-0.3, -0.25) is 4.79 Å². The van der Waals surface area contributed by atoms with E-state index < -0.39 is 11.6 Å². The molecule has 3 N–H and O–H groups in total. The zero-order valence-corrected chi connectivity index (χ0v) is 12.7. The van der Waals surface area contributed by atoms with Crippen molar-refractivity contribution in [2.45, 2.75) is 63.5 Å². The van der Waals surface area contributed by atoms with Gasteiger partial charge in [-0.05, 0) is 32.6 Å². The number of aliphatic carboxylic acids is 1. The van der Waals surface area contributed by atoms with Crippen molar-refractivity contribution in [3.8, 4) is 0 Å². The Morgan fingerprint density at radius 1 is 1.38 bits per heavy atom. The van der Waals surface area contributed by atoms with Gasteiger partial charge in [-0.25, -0.2) is 4.79 Å². The highest BCUT2D eigenvalue weighted by atomic mass is 16.4. The summed E-state index contributed by atoms with van der Waals surface area (Å²) in [6, 6.07) is -0.290. The van der Waals surface area contributed by atoms with Crippen LogP contribution in [0.2, 0.25) is 0 Å². The third kappa shape index (κ3) is 4.09. The van der Waals surface area contributed by atoms with Crippen molar-refractivity contribution in [2.24, 2.45) is 5.92 Å². The maximum absolute atomic E-state index is 12.2. The molecule has 0 aromatic rings. The number of carbonyl (C=O) groups excluding carboxylic acids is 1. The summed E-state index contributed by atoms with van der Waals surface area (Å²) in [4.78, 5) is 24.5. The molecule has 1 aliphatic heterocycles. The molecule has 0 radical (unpaired) electrons. The summed E-state index contributed by atoms with van der Waals surface area (Å²) in [5.41, 5.74) is -0.579. The van der Waals surface area contributed by atoms with Crippen molar-refractivity contribution in [1.29, 1.82) is 0 Å². The van der Waals surface area contributed by atoms with Crippen LogP contribution in [0.25, 0.3) is 0 Å². The topological polar surface area (TPSA) is 89.9 Å². The molecule has 0 spiro atoms. The van der Waals surface area contributed by atoms with Crippen LogP contribution in [0.15, 0.2) is 0 Å². The Hall–Kier alpha value is -1.30. The van der Waals surface area contributed by atoms with Crippen molar-refractivity contribution in [1.82, 2.24) is 10.2 Å². The van der Waals surface area contributed by atoms with Crippen LogP contribution in [0.5, 0.6) is 0 Å². The number of carboxylic acids is 1. The maximum Gasteiger partial charge on any atom is 0.317 e. The minimum Gasteiger partial charge on any atom is -0.481 e. The number of hydrogen-bond donors (Lipinski definition) is 3. The fraction of sp³-hybridized carbons (Fsp3) is 0.867. The van der Waals surface area contributed by atoms with Gasteiger partial charge in [0.25, 0.3) is 0 Å². The number of amides is 2. The lowest BCUT2D eigenvalue weighted by Gasteiger charge is -2.47. The molecular formula is C15H26N2O4. The average molecular weight is 298 g/mol. The van der Waals surface area contributed by atoms with Crippen LogP contribution >= 0.6 is 0 Å². The van der Waals surface area contributed by atoms with Gasteiger partial charge in [-0.2, -0.15) is 0 Å². The number of carbonyl (C=O) groups is 2. The van der Waals surface area contributed by atoms with E-state index in [4.69, 9.17) is 5.11 Å². The van der Waals surface area contributed by atoms with Gasteiger partial charge in [0, 0.05) is 31.5 Å². The van der Waals surface area contributed by atoms with E-state index in [1.165, 1.54) is 0 Å². The molecule has 1 saturated carbocycles. The minimum absolute atomic E-state index is 0.0593. The SMILES string of the molecule is CC(CCC(=O)O)NC(=O)N1CCC2(O)CCCCC2C1. The zero-order valence-electron chi connectivity index (χ0n) is 12.7. The number of aliphatic hydroxyl groups is 1. The first-order chi connectivity index (χ1) is 9.90. The zero-order chi connectivity index (χ0) is 15.5. The Balaban J connectivity index is 1.82. The molecule has 1 saturated heterocycles. The summed E-state index contributed by atoms with van der Waals surface area (Å²) in [6.45, 7) is 3.00. The largest absolute Gasteiger partial charge is 0.481 e. The second kappa shape index (κ2) is 6.64. The molecule has 0 aromatic heterocycles. The summed E-state index contributed by atoms with van der Waals surface area (Å²) in [6.07, 6.45) is 5.17. The molecular weight excluding hydrogens is 272 g/mol.